The molecular weight excluding hydrogens is 284 g/mol. The van der Waals surface area contributed by atoms with Gasteiger partial charge >= 0.3 is 6.03 Å². The number of aromatic amines is 1. The molecule has 0 radical (unpaired) electrons. The van der Waals surface area contributed by atoms with Gasteiger partial charge < -0.3 is 20.1 Å². The van der Waals surface area contributed by atoms with Crippen LogP contribution in [0, 0.1) is 0 Å². The van der Waals surface area contributed by atoms with E-state index in [-0.39, 0.29) is 12.1 Å². The van der Waals surface area contributed by atoms with E-state index in [0.29, 0.717) is 23.8 Å². The van der Waals surface area contributed by atoms with E-state index in [0.717, 1.165) is 5.56 Å². The Morgan fingerprint density at radius 1 is 1.41 bits per heavy atom. The molecular formula is C15H20N4O3. The van der Waals surface area contributed by atoms with Crippen LogP contribution in [0.3, 0.4) is 0 Å². The zero-order chi connectivity index (χ0) is 15.9. The zero-order valence-electron chi connectivity index (χ0n) is 12.8. The highest BCUT2D eigenvalue weighted by Crippen LogP contribution is 2.30. The lowest BCUT2D eigenvalue weighted by molar-refractivity contribution is 0.249. The van der Waals surface area contributed by atoms with Crippen molar-refractivity contribution in [3.63, 3.8) is 0 Å². The van der Waals surface area contributed by atoms with Crippen LogP contribution in [-0.2, 0) is 0 Å². The van der Waals surface area contributed by atoms with Gasteiger partial charge in [0.2, 0.25) is 0 Å². The van der Waals surface area contributed by atoms with Gasteiger partial charge in [-0.15, -0.1) is 0 Å². The maximum absolute atomic E-state index is 11.9. The topological polar surface area (TPSA) is 88.3 Å². The second kappa shape index (κ2) is 7.35. The quantitative estimate of drug-likeness (QED) is 0.765. The summed E-state index contributed by atoms with van der Waals surface area (Å²) in [5.74, 6) is 1.33. The molecule has 1 aromatic heterocycles. The van der Waals surface area contributed by atoms with E-state index in [4.69, 9.17) is 9.47 Å². The Balaban J connectivity index is 2.02. The number of H-pyrrole nitrogens is 1. The number of nitrogens with one attached hydrogen (secondary N) is 3. The maximum atomic E-state index is 11.9. The fraction of sp³-hybridized carbons (Fsp3) is 0.333. The van der Waals surface area contributed by atoms with E-state index < -0.39 is 0 Å². The van der Waals surface area contributed by atoms with Crippen LogP contribution in [0.2, 0.25) is 0 Å². The van der Waals surface area contributed by atoms with Gasteiger partial charge in [0, 0.05) is 6.20 Å². The minimum atomic E-state index is -0.304. The monoisotopic (exact) mass is 304 g/mol. The minimum absolute atomic E-state index is 0.184. The van der Waals surface area contributed by atoms with Gasteiger partial charge in [-0.2, -0.15) is 5.10 Å². The average Bonchev–Trinajstić information content (AvgIpc) is 3.00. The van der Waals surface area contributed by atoms with Gasteiger partial charge in [0.15, 0.2) is 11.5 Å². The number of benzene rings is 1. The molecule has 22 heavy (non-hydrogen) atoms. The number of nitrogens with zero attached hydrogens (tertiary/aromatic N) is 1. The van der Waals surface area contributed by atoms with Crippen molar-refractivity contribution in [3.8, 4) is 11.5 Å². The molecule has 0 saturated carbocycles. The smallest absolute Gasteiger partial charge is 0.319 e. The van der Waals surface area contributed by atoms with Gasteiger partial charge in [-0.25, -0.2) is 4.79 Å². The summed E-state index contributed by atoms with van der Waals surface area (Å²) in [7, 11) is 1.59. The number of anilines is 1. The predicted molar refractivity (Wildman–Crippen MR) is 83.3 cm³/mol. The Bertz CT molecular complexity index is 613. The van der Waals surface area contributed by atoms with E-state index in [9.17, 15) is 4.79 Å². The first-order chi connectivity index (χ1) is 10.6. The lowest BCUT2D eigenvalue weighted by Gasteiger charge is -2.17. The number of methoxy groups -OCH3 is 1. The van der Waals surface area contributed by atoms with Crippen molar-refractivity contribution in [2.24, 2.45) is 0 Å². The molecule has 2 amide bonds. The van der Waals surface area contributed by atoms with E-state index in [2.05, 4.69) is 20.8 Å². The number of rotatable bonds is 6. The molecule has 118 valence electrons. The average molecular weight is 304 g/mol. The Hall–Kier alpha value is -2.70. The highest BCUT2D eigenvalue weighted by atomic mass is 16.5. The number of hydrogen-bond acceptors (Lipinski definition) is 4. The molecule has 2 rings (SSSR count). The van der Waals surface area contributed by atoms with Crippen LogP contribution < -0.4 is 20.1 Å². The second-order valence-corrected chi connectivity index (χ2v) is 4.65. The Kier molecular flexibility index (Phi) is 5.24. The Morgan fingerprint density at radius 2 is 2.23 bits per heavy atom. The summed E-state index contributed by atoms with van der Waals surface area (Å²) in [6.45, 7) is 4.37. The minimum Gasteiger partial charge on any atom is -0.493 e. The standard InChI is InChI=1S/C15H20N4O3/c1-4-22-13-6-5-11(7-14(13)21-3)10(2)18-15(20)19-12-8-16-17-9-12/h5-10H,4H2,1-3H3,(H,16,17)(H2,18,19,20)/t10-/m0/s1. The van der Waals surface area contributed by atoms with Crippen LogP contribution in [0.1, 0.15) is 25.5 Å². The van der Waals surface area contributed by atoms with Crippen molar-refractivity contribution >= 4 is 11.7 Å². The molecule has 2 aromatic rings. The molecule has 7 nitrogen and oxygen atoms in total. The molecule has 1 heterocycles. The number of ether oxygens (including phenoxy) is 2. The summed E-state index contributed by atoms with van der Waals surface area (Å²) in [5, 5.41) is 11.9. The second-order valence-electron chi connectivity index (χ2n) is 4.65. The Morgan fingerprint density at radius 3 is 2.86 bits per heavy atom. The van der Waals surface area contributed by atoms with Gasteiger partial charge in [-0.05, 0) is 31.5 Å². The van der Waals surface area contributed by atoms with E-state index >= 15 is 0 Å². The third-order valence-electron chi connectivity index (χ3n) is 3.09. The fourth-order valence-corrected chi connectivity index (χ4v) is 1.99. The van der Waals surface area contributed by atoms with Gasteiger partial charge in [-0.1, -0.05) is 6.07 Å². The Labute approximate surface area is 129 Å². The SMILES string of the molecule is CCOc1ccc([C@H](C)NC(=O)Nc2cn[nH]c2)cc1OC. The molecule has 3 N–H and O–H groups in total. The van der Waals surface area contributed by atoms with Gasteiger partial charge in [0.25, 0.3) is 0 Å². The van der Waals surface area contributed by atoms with Crippen molar-refractivity contribution in [1.29, 1.82) is 0 Å². The van der Waals surface area contributed by atoms with Gasteiger partial charge in [-0.3, -0.25) is 5.10 Å². The highest BCUT2D eigenvalue weighted by molar-refractivity contribution is 5.89. The van der Waals surface area contributed by atoms with Crippen LogP contribution in [0.4, 0.5) is 10.5 Å². The lowest BCUT2D eigenvalue weighted by Crippen LogP contribution is -2.31. The largest absolute Gasteiger partial charge is 0.493 e. The summed E-state index contributed by atoms with van der Waals surface area (Å²) >= 11 is 0. The van der Waals surface area contributed by atoms with Crippen LogP contribution >= 0.6 is 0 Å². The lowest BCUT2D eigenvalue weighted by atomic mass is 10.1. The van der Waals surface area contributed by atoms with E-state index in [1.54, 1.807) is 13.3 Å². The first kappa shape index (κ1) is 15.7. The summed E-state index contributed by atoms with van der Waals surface area (Å²) in [6, 6.07) is 5.10. The normalized spacial score (nSPS) is 11.6. The van der Waals surface area contributed by atoms with Crippen LogP contribution in [-0.4, -0.2) is 29.9 Å². The van der Waals surface area contributed by atoms with Crippen molar-refractivity contribution < 1.29 is 14.3 Å². The molecule has 0 bridgehead atoms. The van der Waals surface area contributed by atoms with E-state index in [1.807, 2.05) is 32.0 Å². The molecule has 0 aliphatic heterocycles. The number of aromatic nitrogens is 2. The molecule has 0 spiro atoms. The number of carbonyl (C=O) groups excluding carboxylic acids is 1. The molecule has 0 aliphatic rings. The zero-order valence-corrected chi connectivity index (χ0v) is 12.8. The molecule has 7 heteroatoms. The summed E-state index contributed by atoms with van der Waals surface area (Å²) in [6.07, 6.45) is 3.13. The molecule has 0 saturated heterocycles. The highest BCUT2D eigenvalue weighted by Gasteiger charge is 2.13. The fourth-order valence-electron chi connectivity index (χ4n) is 1.99. The van der Waals surface area contributed by atoms with Gasteiger partial charge in [0.1, 0.15) is 0 Å². The van der Waals surface area contributed by atoms with Crippen LogP contribution in [0.5, 0.6) is 11.5 Å². The van der Waals surface area contributed by atoms with Crippen LogP contribution in [0.15, 0.2) is 30.6 Å². The van der Waals surface area contributed by atoms with Crippen LogP contribution in [0.25, 0.3) is 0 Å². The number of amides is 2. The first-order valence-corrected chi connectivity index (χ1v) is 7.01. The molecule has 0 unspecified atom stereocenters. The number of carbonyl (C=O) groups is 1. The molecule has 1 aromatic carbocycles. The summed E-state index contributed by atoms with van der Waals surface area (Å²) in [4.78, 5) is 11.9. The number of urea groups is 1. The van der Waals surface area contributed by atoms with Gasteiger partial charge in [0.05, 0.1) is 31.6 Å². The predicted octanol–water partition coefficient (Wildman–Crippen LogP) is 2.70. The van der Waals surface area contributed by atoms with E-state index in [1.165, 1.54) is 6.20 Å². The third kappa shape index (κ3) is 3.91. The number of hydrogen-bond donors (Lipinski definition) is 3. The third-order valence-corrected chi connectivity index (χ3v) is 3.09. The van der Waals surface area contributed by atoms with Crippen molar-refractivity contribution in [3.05, 3.63) is 36.2 Å². The molecule has 0 fully saturated rings. The van der Waals surface area contributed by atoms with Crippen molar-refractivity contribution in [2.75, 3.05) is 19.0 Å². The summed E-state index contributed by atoms with van der Waals surface area (Å²) in [5.41, 5.74) is 1.52. The van der Waals surface area contributed by atoms with Crippen molar-refractivity contribution in [1.82, 2.24) is 15.5 Å². The summed E-state index contributed by atoms with van der Waals surface area (Å²) < 4.78 is 10.8. The van der Waals surface area contributed by atoms with Crippen molar-refractivity contribution in [2.45, 2.75) is 19.9 Å². The molecule has 1 atom stereocenters. The first-order valence-electron chi connectivity index (χ1n) is 7.01. The molecule has 0 aliphatic carbocycles. The maximum Gasteiger partial charge on any atom is 0.319 e.